The van der Waals surface area contributed by atoms with Crippen LogP contribution in [-0.2, 0) is 6.54 Å². The van der Waals surface area contributed by atoms with Crippen LogP contribution in [0.15, 0.2) is 60.0 Å². The molecule has 0 bridgehead atoms. The third-order valence-electron chi connectivity index (χ3n) is 5.42. The predicted octanol–water partition coefficient (Wildman–Crippen LogP) is 0.882. The Balaban J connectivity index is 1.47. The fraction of sp³-hybridized carbons (Fsp3) is 0.300. The van der Waals surface area contributed by atoms with Crippen LogP contribution in [0.2, 0.25) is 0 Å². The summed E-state index contributed by atoms with van der Waals surface area (Å²) in [6.45, 7) is 1.72. The summed E-state index contributed by atoms with van der Waals surface area (Å²) in [5, 5.41) is 23.0. The summed E-state index contributed by atoms with van der Waals surface area (Å²) in [6.07, 6.45) is 7.86. The molecule has 0 saturated carbocycles. The van der Waals surface area contributed by atoms with Gasteiger partial charge in [0, 0.05) is 12.4 Å². The van der Waals surface area contributed by atoms with E-state index in [1.165, 1.54) is 17.1 Å². The molecule has 2 N–H and O–H groups in total. The van der Waals surface area contributed by atoms with Crippen molar-refractivity contribution in [2.45, 2.75) is 25.0 Å². The van der Waals surface area contributed by atoms with E-state index in [1.807, 2.05) is 36.5 Å². The number of aromatic nitrogens is 6. The van der Waals surface area contributed by atoms with Gasteiger partial charge < -0.3 is 10.4 Å². The number of nitrogens with one attached hydrogen (secondary N) is 1. The highest BCUT2D eigenvalue weighted by molar-refractivity contribution is 5.75. The average molecular weight is 391 g/mol. The molecule has 0 amide bonds. The second kappa shape index (κ2) is 6.94. The maximum atomic E-state index is 12.9. The van der Waals surface area contributed by atoms with Gasteiger partial charge in [0.25, 0.3) is 5.56 Å². The largest absolute Gasteiger partial charge is 0.388 e. The van der Waals surface area contributed by atoms with Gasteiger partial charge in [-0.3, -0.25) is 9.36 Å². The van der Waals surface area contributed by atoms with Gasteiger partial charge in [0.2, 0.25) is 0 Å². The Morgan fingerprint density at radius 1 is 1.10 bits per heavy atom. The van der Waals surface area contributed by atoms with Crippen LogP contribution in [-0.4, -0.2) is 52.9 Å². The summed E-state index contributed by atoms with van der Waals surface area (Å²) in [4.78, 5) is 17.4. The number of rotatable bonds is 4. The normalized spacial score (nSPS) is 16.3. The van der Waals surface area contributed by atoms with E-state index in [2.05, 4.69) is 20.5 Å². The molecular weight excluding hydrogens is 370 g/mol. The van der Waals surface area contributed by atoms with Crippen LogP contribution in [0.3, 0.4) is 0 Å². The van der Waals surface area contributed by atoms with E-state index >= 15 is 0 Å². The van der Waals surface area contributed by atoms with Crippen LogP contribution in [0.1, 0.15) is 12.8 Å². The molecule has 1 aliphatic rings. The minimum Gasteiger partial charge on any atom is -0.388 e. The number of benzene rings is 1. The lowest BCUT2D eigenvalue weighted by atomic mass is 9.92. The third-order valence-corrected chi connectivity index (χ3v) is 5.42. The molecule has 0 unspecified atom stereocenters. The molecule has 9 nitrogen and oxygen atoms in total. The highest BCUT2D eigenvalue weighted by Gasteiger charge is 2.30. The highest BCUT2D eigenvalue weighted by Crippen LogP contribution is 2.20. The van der Waals surface area contributed by atoms with E-state index in [9.17, 15) is 9.90 Å². The first-order valence-electron chi connectivity index (χ1n) is 9.60. The molecule has 0 radical (unpaired) electrons. The molecule has 4 heterocycles. The highest BCUT2D eigenvalue weighted by atomic mass is 16.3. The van der Waals surface area contributed by atoms with E-state index in [-0.39, 0.29) is 12.1 Å². The van der Waals surface area contributed by atoms with E-state index in [0.717, 1.165) is 24.5 Å². The summed E-state index contributed by atoms with van der Waals surface area (Å²) in [5.74, 6) is 0. The van der Waals surface area contributed by atoms with Crippen molar-refractivity contribution >= 4 is 11.0 Å². The molecule has 9 heteroatoms. The molecule has 29 heavy (non-hydrogen) atoms. The molecule has 3 aromatic heterocycles. The number of hydrogen-bond donors (Lipinski definition) is 2. The first kappa shape index (κ1) is 17.8. The fourth-order valence-corrected chi connectivity index (χ4v) is 3.79. The maximum absolute atomic E-state index is 12.9. The Kier molecular flexibility index (Phi) is 4.26. The lowest BCUT2D eigenvalue weighted by Crippen LogP contribution is -2.46. The predicted molar refractivity (Wildman–Crippen MR) is 107 cm³/mol. The summed E-state index contributed by atoms with van der Waals surface area (Å²) >= 11 is 0. The SMILES string of the molecule is O=c1c2cnn(-c3ccc(-n4cccn4)cc3)c2ncn1CC1(O)CCNCC1. The van der Waals surface area contributed by atoms with Gasteiger partial charge in [-0.1, -0.05) is 0 Å². The smallest absolute Gasteiger partial charge is 0.264 e. The van der Waals surface area contributed by atoms with Crippen LogP contribution in [0.25, 0.3) is 22.4 Å². The minimum absolute atomic E-state index is 0.193. The van der Waals surface area contributed by atoms with Crippen molar-refractivity contribution in [3.05, 3.63) is 65.6 Å². The zero-order chi connectivity index (χ0) is 19.8. The molecule has 1 fully saturated rings. The van der Waals surface area contributed by atoms with Crippen LogP contribution in [0.4, 0.5) is 0 Å². The summed E-state index contributed by atoms with van der Waals surface area (Å²) < 4.78 is 4.90. The lowest BCUT2D eigenvalue weighted by molar-refractivity contribution is -0.00627. The Morgan fingerprint density at radius 3 is 2.59 bits per heavy atom. The van der Waals surface area contributed by atoms with Gasteiger partial charge in [-0.05, 0) is 56.3 Å². The Morgan fingerprint density at radius 2 is 1.86 bits per heavy atom. The summed E-state index contributed by atoms with van der Waals surface area (Å²) in [6, 6.07) is 9.56. The molecule has 0 spiro atoms. The molecule has 148 valence electrons. The Labute approximate surface area is 166 Å². The lowest BCUT2D eigenvalue weighted by Gasteiger charge is -2.32. The van der Waals surface area contributed by atoms with Crippen LogP contribution in [0, 0.1) is 0 Å². The minimum atomic E-state index is -0.886. The van der Waals surface area contributed by atoms with E-state index in [4.69, 9.17) is 0 Å². The van der Waals surface area contributed by atoms with Crippen LogP contribution in [0.5, 0.6) is 0 Å². The van der Waals surface area contributed by atoms with Crippen molar-refractivity contribution in [3.8, 4) is 11.4 Å². The maximum Gasteiger partial charge on any atom is 0.264 e. The molecule has 0 atom stereocenters. The van der Waals surface area contributed by atoms with Crippen LogP contribution >= 0.6 is 0 Å². The molecule has 1 aromatic carbocycles. The Hall–Kier alpha value is -3.30. The summed E-state index contributed by atoms with van der Waals surface area (Å²) in [7, 11) is 0. The number of piperidine rings is 1. The third kappa shape index (κ3) is 3.24. The standard InChI is InChI=1S/C20H21N7O2/c28-19-17-12-24-27(16-4-2-15(3-5-16)26-11-1-8-23-26)18(17)22-14-25(19)13-20(29)6-9-21-10-7-20/h1-5,8,11-12,14,21,29H,6-7,9-10,13H2. The molecular formula is C20H21N7O2. The molecule has 1 aliphatic heterocycles. The zero-order valence-corrected chi connectivity index (χ0v) is 15.8. The number of aliphatic hydroxyl groups is 1. The topological polar surface area (TPSA) is 103 Å². The van der Waals surface area contributed by atoms with Gasteiger partial charge in [0.1, 0.15) is 11.7 Å². The van der Waals surface area contributed by atoms with Gasteiger partial charge in [0.05, 0.1) is 29.7 Å². The van der Waals surface area contributed by atoms with Crippen molar-refractivity contribution in [2.24, 2.45) is 0 Å². The van der Waals surface area contributed by atoms with Gasteiger partial charge in [0.15, 0.2) is 5.65 Å². The second-order valence-corrected chi connectivity index (χ2v) is 7.41. The number of nitrogens with zero attached hydrogens (tertiary/aromatic N) is 6. The van der Waals surface area contributed by atoms with Gasteiger partial charge >= 0.3 is 0 Å². The van der Waals surface area contributed by atoms with Gasteiger partial charge in [-0.15, -0.1) is 0 Å². The monoisotopic (exact) mass is 391 g/mol. The second-order valence-electron chi connectivity index (χ2n) is 7.41. The van der Waals surface area contributed by atoms with Crippen molar-refractivity contribution in [1.82, 2.24) is 34.4 Å². The molecule has 4 aromatic rings. The first-order chi connectivity index (χ1) is 14.1. The Bertz CT molecular complexity index is 1190. The molecule has 1 saturated heterocycles. The van der Waals surface area contributed by atoms with Gasteiger partial charge in [-0.2, -0.15) is 10.2 Å². The van der Waals surface area contributed by atoms with Crippen molar-refractivity contribution in [1.29, 1.82) is 0 Å². The van der Waals surface area contributed by atoms with E-state index < -0.39 is 5.60 Å². The molecule has 5 rings (SSSR count). The summed E-state index contributed by atoms with van der Waals surface area (Å²) in [5.41, 5.74) is 1.15. The van der Waals surface area contributed by atoms with E-state index in [0.29, 0.717) is 23.9 Å². The zero-order valence-electron chi connectivity index (χ0n) is 15.8. The average Bonchev–Trinajstić information content (AvgIpc) is 3.41. The van der Waals surface area contributed by atoms with Crippen molar-refractivity contribution in [3.63, 3.8) is 0 Å². The van der Waals surface area contributed by atoms with Crippen molar-refractivity contribution < 1.29 is 5.11 Å². The fourth-order valence-electron chi connectivity index (χ4n) is 3.79. The van der Waals surface area contributed by atoms with Crippen LogP contribution < -0.4 is 10.9 Å². The first-order valence-corrected chi connectivity index (χ1v) is 9.60. The number of fused-ring (bicyclic) bond motifs is 1. The van der Waals surface area contributed by atoms with Gasteiger partial charge in [-0.25, -0.2) is 14.3 Å². The number of hydrogen-bond acceptors (Lipinski definition) is 6. The van der Waals surface area contributed by atoms with E-state index in [1.54, 1.807) is 15.6 Å². The molecule has 0 aliphatic carbocycles. The quantitative estimate of drug-likeness (QED) is 0.535. The van der Waals surface area contributed by atoms with Crippen molar-refractivity contribution in [2.75, 3.05) is 13.1 Å².